The number of benzene rings is 1. The van der Waals surface area contributed by atoms with Crippen molar-refractivity contribution in [3.8, 4) is 5.75 Å². The Morgan fingerprint density at radius 3 is 2.82 bits per heavy atom. The zero-order chi connectivity index (χ0) is 12.3. The third-order valence-electron chi connectivity index (χ3n) is 2.44. The molecule has 0 saturated heterocycles. The summed E-state index contributed by atoms with van der Waals surface area (Å²) in [7, 11) is 0. The highest BCUT2D eigenvalue weighted by molar-refractivity contribution is 5.87. The number of phenolic OH excluding ortho intramolecular Hbond substituents is 1. The molecule has 1 aromatic heterocycles. The number of aromatic amines is 1. The molecule has 4 nitrogen and oxygen atoms in total. The summed E-state index contributed by atoms with van der Waals surface area (Å²) in [6.07, 6.45) is 1.26. The molecule has 1 heterocycles. The number of aromatic nitrogens is 1. The molecule has 0 saturated carbocycles. The van der Waals surface area contributed by atoms with Crippen molar-refractivity contribution in [2.24, 2.45) is 0 Å². The number of ether oxygens (including phenoxy) is 1. The fourth-order valence-corrected chi connectivity index (χ4v) is 1.53. The fraction of sp³-hybridized carbons (Fsp3) is 0.154. The first kappa shape index (κ1) is 11.3. The lowest BCUT2D eigenvalue weighted by molar-refractivity contribution is 0.0331. The number of aromatic hydroxyl groups is 1. The minimum atomic E-state index is -0.411. The van der Waals surface area contributed by atoms with Gasteiger partial charge in [0.15, 0.2) is 0 Å². The summed E-state index contributed by atoms with van der Waals surface area (Å²) in [4.78, 5) is 14.4. The third kappa shape index (κ3) is 2.66. The molecule has 2 aromatic rings. The lowest BCUT2D eigenvalue weighted by Crippen LogP contribution is -2.09. The highest BCUT2D eigenvalue weighted by Gasteiger charge is 2.14. The monoisotopic (exact) mass is 231 g/mol. The zero-order valence-electron chi connectivity index (χ0n) is 9.38. The topological polar surface area (TPSA) is 62.3 Å². The van der Waals surface area contributed by atoms with Crippen molar-refractivity contribution in [3.05, 3.63) is 53.9 Å². The van der Waals surface area contributed by atoms with Crippen LogP contribution in [0.1, 0.15) is 29.1 Å². The van der Waals surface area contributed by atoms with E-state index in [1.54, 1.807) is 49.5 Å². The molecule has 0 aliphatic rings. The summed E-state index contributed by atoms with van der Waals surface area (Å²) in [5, 5.41) is 9.33. The van der Waals surface area contributed by atoms with Gasteiger partial charge in [0, 0.05) is 6.20 Å². The Hall–Kier alpha value is -2.23. The summed E-state index contributed by atoms with van der Waals surface area (Å²) in [5.41, 5.74) is 1.17. The van der Waals surface area contributed by atoms with E-state index in [1.807, 2.05) is 0 Å². The second-order valence-electron chi connectivity index (χ2n) is 3.73. The number of H-pyrrole nitrogens is 1. The van der Waals surface area contributed by atoms with E-state index >= 15 is 0 Å². The number of hydrogen-bond donors (Lipinski definition) is 2. The van der Waals surface area contributed by atoms with Crippen LogP contribution in [0.2, 0.25) is 0 Å². The predicted octanol–water partition coefficient (Wildman–Crippen LogP) is 2.64. The molecule has 0 aliphatic carbocycles. The molecule has 88 valence electrons. The number of esters is 1. The molecule has 0 radical (unpaired) electrons. The molecule has 0 bridgehead atoms. The number of carbonyl (C=O) groups is 1. The van der Waals surface area contributed by atoms with Crippen molar-refractivity contribution < 1.29 is 14.6 Å². The standard InChI is InChI=1S/C13H13NO3/c1-9(10-4-2-5-11(15)8-10)17-13(16)12-6-3-7-14-12/h2-9,14-15H,1H3. The van der Waals surface area contributed by atoms with Crippen LogP contribution in [0.15, 0.2) is 42.6 Å². The van der Waals surface area contributed by atoms with Crippen molar-refractivity contribution in [2.75, 3.05) is 0 Å². The normalized spacial score (nSPS) is 12.1. The SMILES string of the molecule is CC(OC(=O)c1ccc[nH]1)c1cccc(O)c1. The van der Waals surface area contributed by atoms with Gasteiger partial charge in [-0.1, -0.05) is 12.1 Å². The van der Waals surface area contributed by atoms with Crippen LogP contribution in [0, 0.1) is 0 Å². The first-order chi connectivity index (χ1) is 8.16. The Kier molecular flexibility index (Phi) is 3.14. The number of hydrogen-bond acceptors (Lipinski definition) is 3. The molecule has 1 unspecified atom stereocenters. The molecule has 0 aliphatic heterocycles. The lowest BCUT2D eigenvalue weighted by Gasteiger charge is -2.13. The fourth-order valence-electron chi connectivity index (χ4n) is 1.53. The second kappa shape index (κ2) is 4.74. The summed E-state index contributed by atoms with van der Waals surface area (Å²) >= 11 is 0. The van der Waals surface area contributed by atoms with E-state index in [0.717, 1.165) is 5.56 Å². The Morgan fingerprint density at radius 2 is 2.18 bits per heavy atom. The van der Waals surface area contributed by atoms with Gasteiger partial charge in [-0.3, -0.25) is 0 Å². The molecular formula is C13H13NO3. The van der Waals surface area contributed by atoms with Crippen molar-refractivity contribution in [1.29, 1.82) is 0 Å². The van der Waals surface area contributed by atoms with E-state index < -0.39 is 12.1 Å². The quantitative estimate of drug-likeness (QED) is 0.798. The molecule has 0 amide bonds. The average Bonchev–Trinajstić information content (AvgIpc) is 2.82. The lowest BCUT2D eigenvalue weighted by atomic mass is 10.1. The van der Waals surface area contributed by atoms with Crippen LogP contribution in [-0.4, -0.2) is 16.1 Å². The second-order valence-corrected chi connectivity index (χ2v) is 3.73. The minimum absolute atomic E-state index is 0.158. The third-order valence-corrected chi connectivity index (χ3v) is 2.44. The van der Waals surface area contributed by atoms with Crippen LogP contribution in [0.25, 0.3) is 0 Å². The van der Waals surface area contributed by atoms with Crippen LogP contribution in [0.5, 0.6) is 5.75 Å². The molecule has 4 heteroatoms. The van der Waals surface area contributed by atoms with E-state index in [1.165, 1.54) is 0 Å². The van der Waals surface area contributed by atoms with Gasteiger partial charge >= 0.3 is 5.97 Å². The molecule has 17 heavy (non-hydrogen) atoms. The predicted molar refractivity (Wildman–Crippen MR) is 62.7 cm³/mol. The first-order valence-corrected chi connectivity index (χ1v) is 5.30. The molecular weight excluding hydrogens is 218 g/mol. The van der Waals surface area contributed by atoms with Crippen LogP contribution in [0.3, 0.4) is 0 Å². The average molecular weight is 231 g/mol. The van der Waals surface area contributed by atoms with Crippen LogP contribution in [-0.2, 0) is 4.74 Å². The van der Waals surface area contributed by atoms with Crippen molar-refractivity contribution in [3.63, 3.8) is 0 Å². The highest BCUT2D eigenvalue weighted by atomic mass is 16.5. The number of carbonyl (C=O) groups excluding carboxylic acids is 1. The van der Waals surface area contributed by atoms with Gasteiger partial charge in [0.2, 0.25) is 0 Å². The maximum Gasteiger partial charge on any atom is 0.355 e. The van der Waals surface area contributed by atoms with Gasteiger partial charge < -0.3 is 14.8 Å². The Labute approximate surface area is 98.9 Å². The molecule has 0 fully saturated rings. The van der Waals surface area contributed by atoms with Gasteiger partial charge in [0.1, 0.15) is 17.5 Å². The van der Waals surface area contributed by atoms with Crippen molar-refractivity contribution >= 4 is 5.97 Å². The van der Waals surface area contributed by atoms with Gasteiger partial charge in [0.05, 0.1) is 0 Å². The smallest absolute Gasteiger partial charge is 0.355 e. The van der Waals surface area contributed by atoms with Gasteiger partial charge in [-0.05, 0) is 36.8 Å². The minimum Gasteiger partial charge on any atom is -0.508 e. The first-order valence-electron chi connectivity index (χ1n) is 5.30. The summed E-state index contributed by atoms with van der Waals surface area (Å²) in [6.45, 7) is 1.76. The maximum atomic E-state index is 11.7. The Balaban J connectivity index is 2.07. The van der Waals surface area contributed by atoms with E-state index in [9.17, 15) is 9.90 Å². The van der Waals surface area contributed by atoms with Crippen molar-refractivity contribution in [2.45, 2.75) is 13.0 Å². The Bertz CT molecular complexity index is 505. The van der Waals surface area contributed by atoms with E-state index in [2.05, 4.69) is 4.98 Å². The largest absolute Gasteiger partial charge is 0.508 e. The summed E-state index contributed by atoms with van der Waals surface area (Å²) < 4.78 is 5.25. The van der Waals surface area contributed by atoms with Gasteiger partial charge in [-0.2, -0.15) is 0 Å². The van der Waals surface area contributed by atoms with Crippen LogP contribution < -0.4 is 0 Å². The van der Waals surface area contributed by atoms with E-state index in [0.29, 0.717) is 5.69 Å². The Morgan fingerprint density at radius 1 is 1.35 bits per heavy atom. The van der Waals surface area contributed by atoms with Crippen molar-refractivity contribution in [1.82, 2.24) is 4.98 Å². The number of rotatable bonds is 3. The molecule has 0 spiro atoms. The van der Waals surface area contributed by atoms with E-state index in [4.69, 9.17) is 4.74 Å². The molecule has 2 N–H and O–H groups in total. The van der Waals surface area contributed by atoms with E-state index in [-0.39, 0.29) is 5.75 Å². The molecule has 2 rings (SSSR count). The van der Waals surface area contributed by atoms with Gasteiger partial charge in [-0.15, -0.1) is 0 Å². The number of nitrogens with one attached hydrogen (secondary N) is 1. The molecule has 1 aromatic carbocycles. The summed E-state index contributed by atoms with van der Waals surface area (Å²) in [5.74, 6) is -0.254. The van der Waals surface area contributed by atoms with Gasteiger partial charge in [0.25, 0.3) is 0 Å². The van der Waals surface area contributed by atoms with Gasteiger partial charge in [-0.25, -0.2) is 4.79 Å². The number of phenols is 1. The highest BCUT2D eigenvalue weighted by Crippen LogP contribution is 2.21. The summed E-state index contributed by atoms with van der Waals surface area (Å²) in [6, 6.07) is 10.0. The zero-order valence-corrected chi connectivity index (χ0v) is 9.38. The maximum absolute atomic E-state index is 11.7. The van der Waals surface area contributed by atoms with Crippen LogP contribution >= 0.6 is 0 Å². The molecule has 1 atom stereocenters. The van der Waals surface area contributed by atoms with Crippen LogP contribution in [0.4, 0.5) is 0 Å².